The molecule has 0 saturated carbocycles. The van der Waals surface area contributed by atoms with Crippen molar-refractivity contribution in [1.29, 1.82) is 0 Å². The molecule has 0 aliphatic heterocycles. The lowest BCUT2D eigenvalue weighted by Gasteiger charge is -2.41. The summed E-state index contributed by atoms with van der Waals surface area (Å²) in [6.45, 7) is 12.8. The van der Waals surface area contributed by atoms with Crippen LogP contribution in [0.15, 0.2) is 24.4 Å². The molecule has 0 atom stereocenters. The Kier molecular flexibility index (Phi) is 4.15. The number of amides is 1. The average molecular weight is 248 g/mol. The van der Waals surface area contributed by atoms with Crippen molar-refractivity contribution in [3.8, 4) is 0 Å². The minimum atomic E-state index is -0.106. The summed E-state index contributed by atoms with van der Waals surface area (Å²) in [6, 6.07) is 5.45. The Morgan fingerprint density at radius 2 is 1.67 bits per heavy atom. The number of pyridine rings is 1. The minimum Gasteiger partial charge on any atom is -0.347 e. The molecule has 0 radical (unpaired) electrons. The molecule has 0 aromatic carbocycles. The van der Waals surface area contributed by atoms with Crippen LogP contribution in [0, 0.1) is 10.8 Å². The fourth-order valence-corrected chi connectivity index (χ4v) is 2.43. The van der Waals surface area contributed by atoms with Gasteiger partial charge in [0.1, 0.15) is 5.69 Å². The first-order valence-electron chi connectivity index (χ1n) is 6.34. The molecule has 1 amide bonds. The highest BCUT2D eigenvalue weighted by atomic mass is 16.1. The summed E-state index contributed by atoms with van der Waals surface area (Å²) in [6.07, 6.45) is 1.64. The van der Waals surface area contributed by atoms with Gasteiger partial charge >= 0.3 is 0 Å². The highest BCUT2D eigenvalue weighted by Gasteiger charge is 2.36. The molecule has 1 rings (SSSR count). The molecule has 0 aliphatic rings. The summed E-state index contributed by atoms with van der Waals surface area (Å²) in [4.78, 5) is 16.3. The zero-order chi connectivity index (χ0) is 14.0. The second-order valence-corrected chi connectivity index (χ2v) is 6.85. The van der Waals surface area contributed by atoms with Crippen LogP contribution in [0.1, 0.15) is 52.0 Å². The van der Waals surface area contributed by atoms with Crippen LogP contribution in [0.4, 0.5) is 0 Å². The molecule has 0 bridgehead atoms. The zero-order valence-corrected chi connectivity index (χ0v) is 12.2. The van der Waals surface area contributed by atoms with Gasteiger partial charge in [-0.25, -0.2) is 0 Å². The molecule has 18 heavy (non-hydrogen) atoms. The van der Waals surface area contributed by atoms with Gasteiger partial charge in [-0.15, -0.1) is 0 Å². The SMILES string of the molecule is CC(C)(C)C(NC(=O)c1ccccn1)C(C)(C)C. The first-order valence-corrected chi connectivity index (χ1v) is 6.34. The second kappa shape index (κ2) is 5.09. The fourth-order valence-electron chi connectivity index (χ4n) is 2.43. The van der Waals surface area contributed by atoms with Gasteiger partial charge in [0.2, 0.25) is 0 Å². The maximum Gasteiger partial charge on any atom is 0.270 e. The predicted octanol–water partition coefficient (Wildman–Crippen LogP) is 3.27. The molecule has 3 heteroatoms. The van der Waals surface area contributed by atoms with Crippen molar-refractivity contribution in [2.75, 3.05) is 0 Å². The molecule has 1 heterocycles. The van der Waals surface area contributed by atoms with Crippen molar-refractivity contribution >= 4 is 5.91 Å². The zero-order valence-electron chi connectivity index (χ0n) is 12.2. The molecule has 0 aliphatic carbocycles. The molecule has 100 valence electrons. The Balaban J connectivity index is 2.90. The Hall–Kier alpha value is -1.38. The molecule has 0 spiro atoms. The largest absolute Gasteiger partial charge is 0.347 e. The molecule has 0 saturated heterocycles. The molecule has 1 N–H and O–H groups in total. The van der Waals surface area contributed by atoms with Crippen LogP contribution < -0.4 is 5.32 Å². The molecular weight excluding hydrogens is 224 g/mol. The number of nitrogens with zero attached hydrogens (tertiary/aromatic N) is 1. The monoisotopic (exact) mass is 248 g/mol. The fraction of sp³-hybridized carbons (Fsp3) is 0.600. The van der Waals surface area contributed by atoms with Crippen LogP contribution >= 0.6 is 0 Å². The first kappa shape index (κ1) is 14.7. The van der Waals surface area contributed by atoms with Gasteiger partial charge in [-0.1, -0.05) is 47.6 Å². The molecule has 3 nitrogen and oxygen atoms in total. The number of carbonyl (C=O) groups is 1. The van der Waals surface area contributed by atoms with Gasteiger partial charge in [-0.3, -0.25) is 9.78 Å². The lowest BCUT2D eigenvalue weighted by Crippen LogP contribution is -2.51. The second-order valence-electron chi connectivity index (χ2n) is 6.85. The summed E-state index contributed by atoms with van der Waals surface area (Å²) in [7, 11) is 0. The third-order valence-electron chi connectivity index (χ3n) is 2.91. The molecule has 1 aromatic rings. The van der Waals surface area contributed by atoms with Crippen LogP contribution in [0.25, 0.3) is 0 Å². The number of carbonyl (C=O) groups excluding carboxylic acids is 1. The van der Waals surface area contributed by atoms with Crippen molar-refractivity contribution in [2.45, 2.75) is 47.6 Å². The number of nitrogens with one attached hydrogen (secondary N) is 1. The van der Waals surface area contributed by atoms with Crippen LogP contribution in [0.5, 0.6) is 0 Å². The van der Waals surface area contributed by atoms with Crippen molar-refractivity contribution in [3.05, 3.63) is 30.1 Å². The third kappa shape index (κ3) is 3.83. The maximum atomic E-state index is 12.2. The van der Waals surface area contributed by atoms with Crippen molar-refractivity contribution in [3.63, 3.8) is 0 Å². The number of rotatable bonds is 2. The third-order valence-corrected chi connectivity index (χ3v) is 2.91. The Bertz CT molecular complexity index is 385. The van der Waals surface area contributed by atoms with E-state index >= 15 is 0 Å². The smallest absolute Gasteiger partial charge is 0.270 e. The van der Waals surface area contributed by atoms with E-state index in [4.69, 9.17) is 0 Å². The Morgan fingerprint density at radius 3 is 2.06 bits per heavy atom. The van der Waals surface area contributed by atoms with Crippen molar-refractivity contribution in [2.24, 2.45) is 10.8 Å². The summed E-state index contributed by atoms with van der Waals surface area (Å²) in [5.41, 5.74) is 0.474. The first-order chi connectivity index (χ1) is 8.12. The van der Waals surface area contributed by atoms with Crippen molar-refractivity contribution in [1.82, 2.24) is 10.3 Å². The van der Waals surface area contributed by atoms with Gasteiger partial charge in [0.05, 0.1) is 0 Å². The van der Waals surface area contributed by atoms with E-state index in [1.807, 2.05) is 12.1 Å². The quantitative estimate of drug-likeness (QED) is 0.872. The lowest BCUT2D eigenvalue weighted by atomic mass is 9.72. The summed E-state index contributed by atoms with van der Waals surface area (Å²) in [5.74, 6) is -0.106. The van der Waals surface area contributed by atoms with Crippen LogP contribution in [-0.2, 0) is 0 Å². The van der Waals surface area contributed by atoms with Crippen LogP contribution in [0.2, 0.25) is 0 Å². The maximum absolute atomic E-state index is 12.2. The predicted molar refractivity (Wildman–Crippen MR) is 74.4 cm³/mol. The van der Waals surface area contributed by atoms with Gasteiger partial charge in [0.15, 0.2) is 0 Å². The topological polar surface area (TPSA) is 42.0 Å². The number of hydrogen-bond donors (Lipinski definition) is 1. The Morgan fingerprint density at radius 1 is 1.11 bits per heavy atom. The van der Waals surface area contributed by atoms with Crippen LogP contribution in [-0.4, -0.2) is 16.9 Å². The van der Waals surface area contributed by atoms with Crippen molar-refractivity contribution < 1.29 is 4.79 Å². The van der Waals surface area contributed by atoms with E-state index in [9.17, 15) is 4.79 Å². The minimum absolute atomic E-state index is 0.00267. The van der Waals surface area contributed by atoms with Crippen LogP contribution in [0.3, 0.4) is 0 Å². The summed E-state index contributed by atoms with van der Waals surface area (Å²) < 4.78 is 0. The number of aromatic nitrogens is 1. The van der Waals surface area contributed by atoms with E-state index < -0.39 is 0 Å². The van der Waals surface area contributed by atoms with Gasteiger partial charge < -0.3 is 5.32 Å². The van der Waals surface area contributed by atoms with Gasteiger partial charge in [0, 0.05) is 12.2 Å². The highest BCUT2D eigenvalue weighted by molar-refractivity contribution is 5.92. The average Bonchev–Trinajstić information content (AvgIpc) is 2.23. The van der Waals surface area contributed by atoms with E-state index in [0.29, 0.717) is 5.69 Å². The highest BCUT2D eigenvalue weighted by Crippen LogP contribution is 2.33. The molecule has 1 aromatic heterocycles. The van der Waals surface area contributed by atoms with E-state index in [2.05, 4.69) is 51.8 Å². The standard InChI is InChI=1S/C15H24N2O/c1-14(2,3)13(15(4,5)6)17-12(18)11-9-7-8-10-16-11/h7-10,13H,1-6H3,(H,17,18). The van der Waals surface area contributed by atoms with E-state index in [-0.39, 0.29) is 22.8 Å². The van der Waals surface area contributed by atoms with Gasteiger partial charge in [-0.05, 0) is 23.0 Å². The van der Waals surface area contributed by atoms with Gasteiger partial charge in [-0.2, -0.15) is 0 Å². The molecule has 0 unspecified atom stereocenters. The van der Waals surface area contributed by atoms with E-state index in [0.717, 1.165) is 0 Å². The van der Waals surface area contributed by atoms with E-state index in [1.165, 1.54) is 0 Å². The lowest BCUT2D eigenvalue weighted by molar-refractivity contribution is 0.0791. The molecular formula is C15H24N2O. The molecule has 0 fully saturated rings. The van der Waals surface area contributed by atoms with Gasteiger partial charge in [0.25, 0.3) is 5.91 Å². The summed E-state index contributed by atoms with van der Waals surface area (Å²) >= 11 is 0. The normalized spacial score (nSPS) is 12.6. The Labute approximate surface area is 110 Å². The summed E-state index contributed by atoms with van der Waals surface area (Å²) in [5, 5.41) is 3.11. The number of hydrogen-bond acceptors (Lipinski definition) is 2. The van der Waals surface area contributed by atoms with E-state index in [1.54, 1.807) is 12.3 Å².